The molecular formula is C12H16O4. The number of carboxylic acids is 1. The number of carbonyl (C=O) groups is 2. The molecule has 3 saturated carbocycles. The number of hydrogen-bond donors (Lipinski definition) is 1. The van der Waals surface area contributed by atoms with E-state index in [4.69, 9.17) is 9.84 Å². The highest BCUT2D eigenvalue weighted by Gasteiger charge is 3.02. The molecule has 3 unspecified atom stereocenters. The van der Waals surface area contributed by atoms with Crippen molar-refractivity contribution in [3.8, 4) is 0 Å². The van der Waals surface area contributed by atoms with Gasteiger partial charge in [-0.15, -0.1) is 0 Å². The lowest BCUT2D eigenvalue weighted by molar-refractivity contribution is -0.169. The summed E-state index contributed by atoms with van der Waals surface area (Å²) in [6, 6.07) is 0. The summed E-state index contributed by atoms with van der Waals surface area (Å²) < 4.78 is 5.37. The smallest absolute Gasteiger partial charge is 0.313 e. The molecule has 0 saturated heterocycles. The number of rotatable bonds is 2. The quantitative estimate of drug-likeness (QED) is 0.723. The highest BCUT2D eigenvalue weighted by molar-refractivity contribution is 5.96. The normalized spacial score (nSPS) is 47.2. The number of hydrogen-bond acceptors (Lipinski definition) is 3. The summed E-state index contributed by atoms with van der Waals surface area (Å²) >= 11 is 0. The number of ether oxygens (including phenoxy) is 1. The fourth-order valence-electron chi connectivity index (χ4n) is 3.74. The first-order valence-electron chi connectivity index (χ1n) is 5.66. The van der Waals surface area contributed by atoms with E-state index in [-0.39, 0.29) is 11.4 Å². The Bertz CT molecular complexity index is 421. The molecule has 4 heteroatoms. The van der Waals surface area contributed by atoms with Crippen LogP contribution in [0.3, 0.4) is 0 Å². The van der Waals surface area contributed by atoms with Gasteiger partial charge in [0.1, 0.15) is 5.60 Å². The second-order valence-electron chi connectivity index (χ2n) is 6.58. The average molecular weight is 224 g/mol. The van der Waals surface area contributed by atoms with Crippen LogP contribution >= 0.6 is 0 Å². The maximum Gasteiger partial charge on any atom is 0.313 e. The minimum absolute atomic E-state index is 0.186. The summed E-state index contributed by atoms with van der Waals surface area (Å²) in [4.78, 5) is 23.1. The third-order valence-electron chi connectivity index (χ3n) is 4.59. The molecule has 0 aromatic heterocycles. The minimum atomic E-state index is -0.732. The summed E-state index contributed by atoms with van der Waals surface area (Å²) in [6.07, 6.45) is 1.89. The van der Waals surface area contributed by atoms with Crippen LogP contribution < -0.4 is 0 Å². The van der Waals surface area contributed by atoms with E-state index in [0.29, 0.717) is 12.8 Å². The largest absolute Gasteiger partial charge is 0.481 e. The Morgan fingerprint density at radius 1 is 1.12 bits per heavy atom. The molecular weight excluding hydrogens is 208 g/mol. The monoisotopic (exact) mass is 224 g/mol. The summed E-state index contributed by atoms with van der Waals surface area (Å²) in [6.45, 7) is 5.52. The SMILES string of the molecule is CC(C)(C)OC(=O)C12CC3(C(=O)O)CC31C2. The first kappa shape index (κ1) is 10.1. The van der Waals surface area contributed by atoms with Crippen LogP contribution in [0, 0.1) is 16.2 Å². The van der Waals surface area contributed by atoms with Crippen LogP contribution in [0.2, 0.25) is 0 Å². The Morgan fingerprint density at radius 2 is 1.69 bits per heavy atom. The molecule has 16 heavy (non-hydrogen) atoms. The second kappa shape index (κ2) is 2.15. The van der Waals surface area contributed by atoms with Crippen LogP contribution in [0.15, 0.2) is 0 Å². The fraction of sp³-hybridized carbons (Fsp3) is 0.833. The van der Waals surface area contributed by atoms with Gasteiger partial charge in [0.25, 0.3) is 0 Å². The van der Waals surface area contributed by atoms with Gasteiger partial charge in [-0.3, -0.25) is 9.59 Å². The number of carbonyl (C=O) groups excluding carboxylic acids is 1. The maximum atomic E-state index is 12.0. The second-order valence-corrected chi connectivity index (χ2v) is 6.58. The van der Waals surface area contributed by atoms with Crippen molar-refractivity contribution in [1.82, 2.24) is 0 Å². The average Bonchev–Trinajstić information content (AvgIpc) is 2.85. The van der Waals surface area contributed by atoms with Gasteiger partial charge in [0.2, 0.25) is 0 Å². The van der Waals surface area contributed by atoms with Crippen molar-refractivity contribution in [3.63, 3.8) is 0 Å². The Hall–Kier alpha value is -1.06. The van der Waals surface area contributed by atoms with Crippen LogP contribution in [0.1, 0.15) is 40.0 Å². The molecule has 1 N–H and O–H groups in total. The molecule has 0 bridgehead atoms. The third-order valence-corrected chi connectivity index (χ3v) is 4.59. The summed E-state index contributed by atoms with van der Waals surface area (Å²) in [5.74, 6) is -0.918. The standard InChI is InChI=1S/C12H16O4/c1-9(2,3)16-8(15)11-4-10(7(13)14)5-12(10,11)6-11/h4-6H2,1-3H3,(H,13,14). The highest BCUT2D eigenvalue weighted by Crippen LogP contribution is 3.00. The third kappa shape index (κ3) is 0.803. The molecule has 3 rings (SSSR count). The van der Waals surface area contributed by atoms with E-state index in [1.165, 1.54) is 0 Å². The first-order valence-corrected chi connectivity index (χ1v) is 5.66. The van der Waals surface area contributed by atoms with Gasteiger partial charge in [0, 0.05) is 5.41 Å². The van der Waals surface area contributed by atoms with Crippen molar-refractivity contribution in [2.45, 2.75) is 45.6 Å². The predicted octanol–water partition coefficient (Wildman–Crippen LogP) is 1.58. The van der Waals surface area contributed by atoms with Crippen molar-refractivity contribution < 1.29 is 19.4 Å². The van der Waals surface area contributed by atoms with Gasteiger partial charge in [-0.25, -0.2) is 0 Å². The van der Waals surface area contributed by atoms with Gasteiger partial charge >= 0.3 is 11.9 Å². The van der Waals surface area contributed by atoms with E-state index in [9.17, 15) is 9.59 Å². The number of esters is 1. The van der Waals surface area contributed by atoms with E-state index in [2.05, 4.69) is 0 Å². The van der Waals surface area contributed by atoms with E-state index in [1.54, 1.807) is 0 Å². The molecule has 0 amide bonds. The Kier molecular flexibility index (Phi) is 1.36. The summed E-state index contributed by atoms with van der Waals surface area (Å²) in [7, 11) is 0. The molecule has 0 radical (unpaired) electrons. The van der Waals surface area contributed by atoms with Gasteiger partial charge in [-0.2, -0.15) is 0 Å². The molecule has 3 fully saturated rings. The molecule has 4 nitrogen and oxygen atoms in total. The summed E-state index contributed by atoms with van der Waals surface area (Å²) in [5.41, 5.74) is -1.69. The number of carboxylic acid groups (broad SMARTS) is 1. The van der Waals surface area contributed by atoms with Gasteiger partial charge in [-0.05, 0) is 40.0 Å². The zero-order valence-electron chi connectivity index (χ0n) is 9.79. The predicted molar refractivity (Wildman–Crippen MR) is 54.6 cm³/mol. The molecule has 0 heterocycles. The molecule has 3 aliphatic carbocycles. The lowest BCUT2D eigenvalue weighted by atomic mass is 9.74. The van der Waals surface area contributed by atoms with Gasteiger partial charge < -0.3 is 9.84 Å². The molecule has 1 spiro atoms. The topological polar surface area (TPSA) is 63.6 Å². The molecule has 0 aromatic carbocycles. The molecule has 3 aliphatic rings. The van der Waals surface area contributed by atoms with Crippen molar-refractivity contribution in [2.75, 3.05) is 0 Å². The Balaban J connectivity index is 1.75. The first-order chi connectivity index (χ1) is 7.19. The van der Waals surface area contributed by atoms with Crippen molar-refractivity contribution in [2.24, 2.45) is 16.2 Å². The van der Waals surface area contributed by atoms with Gasteiger partial charge in [0.05, 0.1) is 10.8 Å². The van der Waals surface area contributed by atoms with E-state index in [1.807, 2.05) is 20.8 Å². The molecule has 0 aromatic rings. The minimum Gasteiger partial charge on any atom is -0.481 e. The van der Waals surface area contributed by atoms with Crippen LogP contribution in [-0.2, 0) is 14.3 Å². The van der Waals surface area contributed by atoms with Crippen LogP contribution in [0.4, 0.5) is 0 Å². The van der Waals surface area contributed by atoms with Gasteiger partial charge in [0.15, 0.2) is 0 Å². The zero-order chi connectivity index (χ0) is 12.0. The van der Waals surface area contributed by atoms with Crippen LogP contribution in [0.25, 0.3) is 0 Å². The summed E-state index contributed by atoms with van der Waals surface area (Å²) in [5, 5.41) is 9.10. The zero-order valence-corrected chi connectivity index (χ0v) is 9.79. The maximum absolute atomic E-state index is 12.0. The van der Waals surface area contributed by atoms with Crippen molar-refractivity contribution >= 4 is 11.9 Å². The van der Waals surface area contributed by atoms with E-state index in [0.717, 1.165) is 6.42 Å². The van der Waals surface area contributed by atoms with E-state index >= 15 is 0 Å². The lowest BCUT2D eigenvalue weighted by Gasteiger charge is -2.32. The van der Waals surface area contributed by atoms with Crippen molar-refractivity contribution in [3.05, 3.63) is 0 Å². The highest BCUT2D eigenvalue weighted by atomic mass is 16.6. The van der Waals surface area contributed by atoms with Crippen LogP contribution in [-0.4, -0.2) is 22.6 Å². The lowest BCUT2D eigenvalue weighted by Crippen LogP contribution is -2.41. The molecule has 3 atom stereocenters. The van der Waals surface area contributed by atoms with E-state index < -0.39 is 22.4 Å². The fourth-order valence-corrected chi connectivity index (χ4v) is 3.74. The van der Waals surface area contributed by atoms with Crippen LogP contribution in [0.5, 0.6) is 0 Å². The molecule has 0 aliphatic heterocycles. The molecule has 88 valence electrons. The van der Waals surface area contributed by atoms with Gasteiger partial charge in [-0.1, -0.05) is 0 Å². The Morgan fingerprint density at radius 3 is 2.06 bits per heavy atom. The van der Waals surface area contributed by atoms with Crippen molar-refractivity contribution in [1.29, 1.82) is 0 Å². The Labute approximate surface area is 94.0 Å². The number of aliphatic carboxylic acids is 1.